The lowest BCUT2D eigenvalue weighted by Gasteiger charge is -2.36. The summed E-state index contributed by atoms with van der Waals surface area (Å²) in [4.78, 5) is 23.6. The number of piperazine rings is 1. The van der Waals surface area contributed by atoms with Crippen molar-refractivity contribution in [1.29, 1.82) is 0 Å². The molecule has 1 fully saturated rings. The van der Waals surface area contributed by atoms with Crippen LogP contribution in [-0.2, 0) is 28.6 Å². The first-order chi connectivity index (χ1) is 18.0. The van der Waals surface area contributed by atoms with Crippen molar-refractivity contribution in [2.75, 3.05) is 37.6 Å². The third kappa shape index (κ3) is 11.0. The second kappa shape index (κ2) is 15.2. The molecule has 0 saturated carbocycles. The summed E-state index contributed by atoms with van der Waals surface area (Å²) in [5.74, 6) is -2.51. The van der Waals surface area contributed by atoms with E-state index < -0.39 is 23.7 Å². The van der Waals surface area contributed by atoms with E-state index in [0.717, 1.165) is 51.6 Å². The summed E-state index contributed by atoms with van der Waals surface area (Å²) in [5.41, 5.74) is 4.32. The fourth-order valence-corrected chi connectivity index (χ4v) is 4.25. The van der Waals surface area contributed by atoms with Gasteiger partial charge in [0, 0.05) is 50.6 Å². The van der Waals surface area contributed by atoms with Gasteiger partial charge in [-0.05, 0) is 61.1 Å². The molecule has 1 aliphatic rings. The number of carbonyl (C=O) groups is 2. The molecule has 0 bridgehead atoms. The Morgan fingerprint density at radius 2 is 1.58 bits per heavy atom. The Kier molecular flexibility index (Phi) is 12.3. The monoisotopic (exact) mass is 534 g/mol. The summed E-state index contributed by atoms with van der Waals surface area (Å²) in [6, 6.07) is 12.5. The molecule has 2 aromatic carbocycles. The van der Waals surface area contributed by atoms with Crippen LogP contribution in [-0.4, -0.2) is 59.8 Å². The van der Waals surface area contributed by atoms with Gasteiger partial charge in [-0.25, -0.2) is 9.59 Å². The van der Waals surface area contributed by atoms with E-state index in [2.05, 4.69) is 41.8 Å². The highest BCUT2D eigenvalue weighted by Gasteiger charge is 2.31. The fraction of sp³-hybridized carbons (Fsp3) is 0.448. The van der Waals surface area contributed by atoms with Gasteiger partial charge in [0.1, 0.15) is 0 Å². The summed E-state index contributed by atoms with van der Waals surface area (Å²) < 4.78 is 38.9. The first-order valence-corrected chi connectivity index (χ1v) is 12.9. The minimum absolute atomic E-state index is 0.558. The third-order valence-electron chi connectivity index (χ3n) is 6.46. The highest BCUT2D eigenvalue weighted by Crippen LogP contribution is 2.31. The van der Waals surface area contributed by atoms with Crippen LogP contribution in [0.25, 0.3) is 0 Å². The van der Waals surface area contributed by atoms with Crippen molar-refractivity contribution in [3.8, 4) is 0 Å². The minimum atomic E-state index is -4.29. The van der Waals surface area contributed by atoms with E-state index in [0.29, 0.717) is 17.8 Å². The van der Waals surface area contributed by atoms with E-state index in [9.17, 15) is 22.8 Å². The van der Waals surface area contributed by atoms with Crippen LogP contribution in [0.1, 0.15) is 48.4 Å². The number of alkyl halides is 3. The number of nitrogens with zero attached hydrogens (tertiary/aromatic N) is 2. The molecule has 0 aliphatic carbocycles. The van der Waals surface area contributed by atoms with Gasteiger partial charge in [-0.1, -0.05) is 44.0 Å². The molecule has 1 heterocycles. The molecule has 0 unspecified atom stereocenters. The molecular weight excluding hydrogens is 497 g/mol. The average Bonchev–Trinajstić information content (AvgIpc) is 2.88. The summed E-state index contributed by atoms with van der Waals surface area (Å²) in [7, 11) is 0. The maximum atomic E-state index is 13.0. The molecule has 0 spiro atoms. The SMILES string of the molecule is CCCCCc1cc(CCN2CCN(c3cccc(C(F)(F)F)c3)CC2)ccc1C.O=C(O)C=CC(=O)O. The smallest absolute Gasteiger partial charge is 0.416 e. The maximum absolute atomic E-state index is 13.0. The van der Waals surface area contributed by atoms with E-state index in [-0.39, 0.29) is 0 Å². The van der Waals surface area contributed by atoms with Crippen LogP contribution >= 0.6 is 0 Å². The van der Waals surface area contributed by atoms with Gasteiger partial charge in [0.05, 0.1) is 5.56 Å². The number of hydrogen-bond acceptors (Lipinski definition) is 4. The van der Waals surface area contributed by atoms with Crippen molar-refractivity contribution >= 4 is 17.6 Å². The van der Waals surface area contributed by atoms with Gasteiger partial charge in [0.25, 0.3) is 0 Å². The van der Waals surface area contributed by atoms with Crippen LogP contribution in [0.15, 0.2) is 54.6 Å². The Bertz CT molecular complexity index is 1060. The standard InChI is InChI=1S/C25H33F3N2.C4H4O4/c1-3-4-5-7-22-18-21(11-10-20(22)2)12-13-29-14-16-30(17-15-29)24-9-6-8-23(19-24)25(26,27)28;5-3(6)1-2-4(7)8/h6,8-11,18-19H,3-5,7,12-17H2,1-2H3;1-2H,(H,5,6)(H,7,8). The summed E-state index contributed by atoms with van der Waals surface area (Å²) in [6.45, 7) is 8.70. The molecule has 0 radical (unpaired) electrons. The van der Waals surface area contributed by atoms with Crippen molar-refractivity contribution in [3.63, 3.8) is 0 Å². The van der Waals surface area contributed by atoms with E-state index in [1.807, 2.05) is 0 Å². The van der Waals surface area contributed by atoms with Gasteiger partial charge in [-0.2, -0.15) is 13.2 Å². The van der Waals surface area contributed by atoms with Crippen molar-refractivity contribution in [1.82, 2.24) is 4.90 Å². The Morgan fingerprint density at radius 3 is 2.16 bits per heavy atom. The number of anilines is 1. The van der Waals surface area contributed by atoms with Crippen molar-refractivity contribution < 1.29 is 33.0 Å². The van der Waals surface area contributed by atoms with Crippen LogP contribution < -0.4 is 4.90 Å². The number of carboxylic acid groups (broad SMARTS) is 2. The van der Waals surface area contributed by atoms with Gasteiger partial charge >= 0.3 is 18.1 Å². The molecular formula is C29H37F3N2O4. The van der Waals surface area contributed by atoms with E-state index >= 15 is 0 Å². The quantitative estimate of drug-likeness (QED) is 0.295. The predicted octanol–water partition coefficient (Wildman–Crippen LogP) is 5.82. The second-order valence-electron chi connectivity index (χ2n) is 9.35. The van der Waals surface area contributed by atoms with Crippen LogP contribution in [0.5, 0.6) is 0 Å². The lowest BCUT2D eigenvalue weighted by molar-refractivity contribution is -0.137. The first kappa shape index (κ1) is 30.9. The molecule has 208 valence electrons. The number of aryl methyl sites for hydroxylation is 2. The number of halogens is 3. The number of benzene rings is 2. The van der Waals surface area contributed by atoms with Crippen molar-refractivity contribution in [3.05, 3.63) is 76.9 Å². The predicted molar refractivity (Wildman–Crippen MR) is 143 cm³/mol. The van der Waals surface area contributed by atoms with E-state index in [1.54, 1.807) is 6.07 Å². The van der Waals surface area contributed by atoms with Crippen LogP contribution in [0.3, 0.4) is 0 Å². The highest BCUT2D eigenvalue weighted by atomic mass is 19.4. The van der Waals surface area contributed by atoms with Gasteiger partial charge in [0.2, 0.25) is 0 Å². The Labute approximate surface area is 222 Å². The number of hydrogen-bond donors (Lipinski definition) is 2. The maximum Gasteiger partial charge on any atom is 0.416 e. The number of carboxylic acids is 2. The second-order valence-corrected chi connectivity index (χ2v) is 9.35. The Morgan fingerprint density at radius 1 is 0.921 bits per heavy atom. The summed E-state index contributed by atoms with van der Waals surface area (Å²) in [5, 5.41) is 15.6. The summed E-state index contributed by atoms with van der Waals surface area (Å²) in [6.07, 6.45) is 2.77. The fourth-order valence-electron chi connectivity index (χ4n) is 4.25. The molecule has 0 amide bonds. The normalized spacial score (nSPS) is 14.3. The largest absolute Gasteiger partial charge is 0.478 e. The van der Waals surface area contributed by atoms with E-state index in [4.69, 9.17) is 10.2 Å². The lowest BCUT2D eigenvalue weighted by atomic mass is 9.98. The Hall–Kier alpha value is -3.33. The molecule has 1 saturated heterocycles. The van der Waals surface area contributed by atoms with Crippen molar-refractivity contribution in [2.24, 2.45) is 0 Å². The highest BCUT2D eigenvalue weighted by molar-refractivity contribution is 5.89. The topological polar surface area (TPSA) is 81.1 Å². The molecule has 2 aromatic rings. The minimum Gasteiger partial charge on any atom is -0.478 e. The van der Waals surface area contributed by atoms with Gasteiger partial charge < -0.3 is 15.1 Å². The molecule has 38 heavy (non-hydrogen) atoms. The number of aliphatic carboxylic acids is 2. The lowest BCUT2D eigenvalue weighted by Crippen LogP contribution is -2.47. The molecule has 0 aromatic heterocycles. The van der Waals surface area contributed by atoms with Gasteiger partial charge in [0.15, 0.2) is 0 Å². The molecule has 1 aliphatic heterocycles. The zero-order valence-corrected chi connectivity index (χ0v) is 22.0. The van der Waals surface area contributed by atoms with Crippen LogP contribution in [0.2, 0.25) is 0 Å². The van der Waals surface area contributed by atoms with Crippen LogP contribution in [0, 0.1) is 6.92 Å². The molecule has 0 atom stereocenters. The molecule has 3 rings (SSSR count). The zero-order chi connectivity index (χ0) is 28.1. The Balaban J connectivity index is 0.000000550. The average molecular weight is 535 g/mol. The number of unbranched alkanes of at least 4 members (excludes halogenated alkanes) is 2. The summed E-state index contributed by atoms with van der Waals surface area (Å²) >= 11 is 0. The zero-order valence-electron chi connectivity index (χ0n) is 22.0. The molecule has 9 heteroatoms. The first-order valence-electron chi connectivity index (χ1n) is 12.9. The third-order valence-corrected chi connectivity index (χ3v) is 6.46. The van der Waals surface area contributed by atoms with Crippen molar-refractivity contribution in [2.45, 2.75) is 52.1 Å². The van der Waals surface area contributed by atoms with Gasteiger partial charge in [-0.3, -0.25) is 4.90 Å². The molecule has 6 nitrogen and oxygen atoms in total. The molecule has 2 N–H and O–H groups in total. The number of rotatable bonds is 10. The van der Waals surface area contributed by atoms with E-state index in [1.165, 1.54) is 48.1 Å². The van der Waals surface area contributed by atoms with Crippen LogP contribution in [0.4, 0.5) is 18.9 Å². The van der Waals surface area contributed by atoms with Gasteiger partial charge in [-0.15, -0.1) is 0 Å².